The Balaban J connectivity index is 1.72. The van der Waals surface area contributed by atoms with E-state index in [1.165, 1.54) is 31.3 Å². The summed E-state index contributed by atoms with van der Waals surface area (Å²) in [4.78, 5) is 27.5. The molecule has 3 aromatic carbocycles. The number of amides is 1. The summed E-state index contributed by atoms with van der Waals surface area (Å²) in [5.41, 5.74) is 1.70. The Morgan fingerprint density at radius 2 is 1.69 bits per heavy atom. The van der Waals surface area contributed by atoms with Gasteiger partial charge in [-0.25, -0.2) is 4.39 Å². The van der Waals surface area contributed by atoms with Crippen molar-refractivity contribution in [3.8, 4) is 11.5 Å². The second-order valence-electron chi connectivity index (χ2n) is 8.20. The first-order valence-electron chi connectivity index (χ1n) is 11.3. The third-order valence-corrected chi connectivity index (χ3v) is 5.91. The number of Topliss-reactive ketones (excluding diaryl/α,β-unsaturated/α-hetero) is 1. The summed E-state index contributed by atoms with van der Waals surface area (Å²) in [7, 11) is 3.01. The Labute approximate surface area is 208 Å². The molecule has 1 aliphatic heterocycles. The molecule has 0 spiro atoms. The van der Waals surface area contributed by atoms with Crippen LogP contribution in [0.5, 0.6) is 11.5 Å². The summed E-state index contributed by atoms with van der Waals surface area (Å²) in [5.74, 6) is -1.14. The normalized spacial score (nSPS) is 16.9. The fourth-order valence-corrected chi connectivity index (χ4v) is 4.09. The topological polar surface area (TPSA) is 85.3 Å². The zero-order chi connectivity index (χ0) is 25.7. The molecule has 1 unspecified atom stereocenters. The third kappa shape index (κ3) is 5.23. The SMILES string of the molecule is COCCN1C(=O)C(=O)/C(=C(\O)c2cccc(OC)c2)C1c1cccc(OCc2ccc(F)cc2)c1. The number of methoxy groups -OCH3 is 2. The van der Waals surface area contributed by atoms with Crippen LogP contribution in [-0.4, -0.2) is 49.1 Å². The van der Waals surface area contributed by atoms with Crippen molar-refractivity contribution in [1.29, 1.82) is 0 Å². The number of ketones is 1. The van der Waals surface area contributed by atoms with Gasteiger partial charge in [0.1, 0.15) is 29.7 Å². The van der Waals surface area contributed by atoms with Crippen LogP contribution in [0.1, 0.15) is 22.7 Å². The van der Waals surface area contributed by atoms with E-state index in [1.807, 2.05) is 0 Å². The van der Waals surface area contributed by atoms with Gasteiger partial charge in [-0.1, -0.05) is 36.4 Å². The first-order chi connectivity index (χ1) is 17.4. The van der Waals surface area contributed by atoms with E-state index in [0.717, 1.165) is 5.56 Å². The first kappa shape index (κ1) is 24.9. The van der Waals surface area contributed by atoms with Crippen LogP contribution in [-0.2, 0) is 20.9 Å². The molecule has 7 nitrogen and oxygen atoms in total. The predicted molar refractivity (Wildman–Crippen MR) is 131 cm³/mol. The Morgan fingerprint density at radius 1 is 0.972 bits per heavy atom. The third-order valence-electron chi connectivity index (χ3n) is 5.91. The van der Waals surface area contributed by atoms with E-state index < -0.39 is 17.7 Å². The van der Waals surface area contributed by atoms with Gasteiger partial charge in [0.15, 0.2) is 0 Å². The van der Waals surface area contributed by atoms with Crippen molar-refractivity contribution in [3.63, 3.8) is 0 Å². The molecule has 0 bridgehead atoms. The molecule has 0 radical (unpaired) electrons. The number of ether oxygens (including phenoxy) is 3. The van der Waals surface area contributed by atoms with Crippen molar-refractivity contribution in [2.24, 2.45) is 0 Å². The van der Waals surface area contributed by atoms with Crippen LogP contribution in [0.3, 0.4) is 0 Å². The molecule has 1 N–H and O–H groups in total. The smallest absolute Gasteiger partial charge is 0.295 e. The number of hydrogen-bond acceptors (Lipinski definition) is 6. The minimum absolute atomic E-state index is 0.0277. The van der Waals surface area contributed by atoms with E-state index in [1.54, 1.807) is 60.7 Å². The number of nitrogens with zero attached hydrogens (tertiary/aromatic N) is 1. The van der Waals surface area contributed by atoms with Gasteiger partial charge in [-0.05, 0) is 47.5 Å². The largest absolute Gasteiger partial charge is 0.507 e. The molecular weight excluding hydrogens is 465 g/mol. The summed E-state index contributed by atoms with van der Waals surface area (Å²) in [6.45, 7) is 0.572. The number of aliphatic hydroxyl groups excluding tert-OH is 1. The number of carbonyl (C=O) groups is 2. The van der Waals surface area contributed by atoms with E-state index >= 15 is 0 Å². The Hall–Kier alpha value is -4.17. The fraction of sp³-hybridized carbons (Fsp3) is 0.214. The van der Waals surface area contributed by atoms with Gasteiger partial charge >= 0.3 is 0 Å². The first-order valence-corrected chi connectivity index (χ1v) is 11.3. The van der Waals surface area contributed by atoms with Crippen molar-refractivity contribution in [3.05, 3.63) is 101 Å². The molecule has 0 aromatic heterocycles. The predicted octanol–water partition coefficient (Wildman–Crippen LogP) is 4.48. The van der Waals surface area contributed by atoms with Crippen LogP contribution >= 0.6 is 0 Å². The van der Waals surface area contributed by atoms with Crippen LogP contribution in [0, 0.1) is 5.82 Å². The average molecular weight is 492 g/mol. The van der Waals surface area contributed by atoms with E-state index in [4.69, 9.17) is 14.2 Å². The maximum absolute atomic E-state index is 13.2. The summed E-state index contributed by atoms with van der Waals surface area (Å²) < 4.78 is 29.5. The number of rotatable bonds is 9. The molecule has 1 fully saturated rings. The lowest BCUT2D eigenvalue weighted by molar-refractivity contribution is -0.140. The minimum atomic E-state index is -0.847. The van der Waals surface area contributed by atoms with Gasteiger partial charge in [-0.3, -0.25) is 9.59 Å². The fourth-order valence-electron chi connectivity index (χ4n) is 4.09. The molecule has 1 atom stereocenters. The molecule has 0 saturated carbocycles. The van der Waals surface area contributed by atoms with Crippen molar-refractivity contribution < 1.29 is 33.3 Å². The summed E-state index contributed by atoms with van der Waals surface area (Å²) >= 11 is 0. The molecular formula is C28H26FNO6. The molecule has 0 aliphatic carbocycles. The second kappa shape index (κ2) is 11.0. The molecule has 36 heavy (non-hydrogen) atoms. The monoisotopic (exact) mass is 491 g/mol. The molecule has 1 amide bonds. The van der Waals surface area contributed by atoms with E-state index in [2.05, 4.69) is 0 Å². The lowest BCUT2D eigenvalue weighted by Crippen LogP contribution is -2.32. The maximum atomic E-state index is 13.2. The summed E-state index contributed by atoms with van der Waals surface area (Å²) in [5, 5.41) is 11.2. The lowest BCUT2D eigenvalue weighted by Gasteiger charge is -2.25. The summed E-state index contributed by atoms with van der Waals surface area (Å²) in [6, 6.07) is 18.7. The van der Waals surface area contributed by atoms with E-state index in [0.29, 0.717) is 22.6 Å². The van der Waals surface area contributed by atoms with Crippen molar-refractivity contribution >= 4 is 17.4 Å². The standard InChI is InChI=1S/C28H26FNO6/c1-34-14-13-30-25(19-5-3-8-23(15-19)36-17-18-9-11-21(29)12-10-18)24(27(32)28(30)33)26(31)20-6-4-7-22(16-20)35-2/h3-12,15-16,25,31H,13-14,17H2,1-2H3/b26-24-. The zero-order valence-electron chi connectivity index (χ0n) is 19.9. The van der Waals surface area contributed by atoms with Crippen molar-refractivity contribution in [1.82, 2.24) is 4.90 Å². The summed E-state index contributed by atoms with van der Waals surface area (Å²) in [6.07, 6.45) is 0. The highest BCUT2D eigenvalue weighted by Gasteiger charge is 2.46. The number of benzene rings is 3. The Kier molecular flexibility index (Phi) is 7.65. The van der Waals surface area contributed by atoms with Gasteiger partial charge in [0.05, 0.1) is 25.3 Å². The number of carbonyl (C=O) groups excluding carboxylic acids is 2. The molecule has 186 valence electrons. The highest BCUT2D eigenvalue weighted by molar-refractivity contribution is 6.46. The van der Waals surface area contributed by atoms with Gasteiger partial charge in [0, 0.05) is 19.2 Å². The van der Waals surface area contributed by atoms with Crippen LogP contribution in [0.25, 0.3) is 5.76 Å². The van der Waals surface area contributed by atoms with Crippen LogP contribution < -0.4 is 9.47 Å². The Morgan fingerprint density at radius 3 is 2.42 bits per heavy atom. The minimum Gasteiger partial charge on any atom is -0.507 e. The van der Waals surface area contributed by atoms with Crippen LogP contribution in [0.15, 0.2) is 78.4 Å². The molecule has 1 saturated heterocycles. The van der Waals surface area contributed by atoms with Gasteiger partial charge in [-0.2, -0.15) is 0 Å². The number of hydrogen-bond donors (Lipinski definition) is 1. The Bertz CT molecular complexity index is 1290. The quantitative estimate of drug-likeness (QED) is 0.270. The van der Waals surface area contributed by atoms with Gasteiger partial charge in [0.2, 0.25) is 0 Å². The van der Waals surface area contributed by atoms with Crippen molar-refractivity contribution in [2.45, 2.75) is 12.6 Å². The van der Waals surface area contributed by atoms with E-state index in [9.17, 15) is 19.1 Å². The van der Waals surface area contributed by atoms with Gasteiger partial charge in [0.25, 0.3) is 11.7 Å². The number of likely N-dealkylation sites (tertiary alicyclic amines) is 1. The maximum Gasteiger partial charge on any atom is 0.295 e. The molecule has 8 heteroatoms. The van der Waals surface area contributed by atoms with Crippen LogP contribution in [0.4, 0.5) is 4.39 Å². The number of aliphatic hydroxyl groups is 1. The molecule has 1 heterocycles. The van der Waals surface area contributed by atoms with Crippen LogP contribution in [0.2, 0.25) is 0 Å². The highest BCUT2D eigenvalue weighted by atomic mass is 19.1. The van der Waals surface area contributed by atoms with E-state index in [-0.39, 0.29) is 36.9 Å². The van der Waals surface area contributed by atoms with Gasteiger partial charge in [-0.15, -0.1) is 0 Å². The molecule has 4 rings (SSSR count). The average Bonchev–Trinajstić information content (AvgIpc) is 3.16. The molecule has 1 aliphatic rings. The highest BCUT2D eigenvalue weighted by Crippen LogP contribution is 2.40. The second-order valence-corrected chi connectivity index (χ2v) is 8.20. The van der Waals surface area contributed by atoms with Gasteiger partial charge < -0.3 is 24.2 Å². The number of halogens is 1. The lowest BCUT2D eigenvalue weighted by atomic mass is 9.95. The molecule has 3 aromatic rings. The van der Waals surface area contributed by atoms with Crippen molar-refractivity contribution in [2.75, 3.05) is 27.4 Å². The zero-order valence-corrected chi connectivity index (χ0v) is 19.9.